The van der Waals surface area contributed by atoms with Gasteiger partial charge in [-0.05, 0) is 31.0 Å². The van der Waals surface area contributed by atoms with Crippen LogP contribution >= 0.6 is 0 Å². The summed E-state index contributed by atoms with van der Waals surface area (Å²) in [4.78, 5) is 0. The molecule has 2 aliphatic heterocycles. The van der Waals surface area contributed by atoms with Crippen molar-refractivity contribution in [2.75, 3.05) is 19.7 Å². The molecule has 0 bridgehead atoms. The lowest BCUT2D eigenvalue weighted by Crippen LogP contribution is -2.45. The average molecular weight is 218 g/mol. The van der Waals surface area contributed by atoms with Gasteiger partial charge in [0.1, 0.15) is 12.4 Å². The lowest BCUT2D eigenvalue weighted by Gasteiger charge is -2.28. The van der Waals surface area contributed by atoms with Crippen molar-refractivity contribution in [3.05, 3.63) is 29.8 Å². The Kier molecular flexibility index (Phi) is 2.80. The highest BCUT2D eigenvalue weighted by atomic mass is 16.5. The summed E-state index contributed by atoms with van der Waals surface area (Å²) in [6, 6.07) is 9.44. The van der Waals surface area contributed by atoms with Crippen molar-refractivity contribution in [3.8, 4) is 5.75 Å². The van der Waals surface area contributed by atoms with Gasteiger partial charge in [0.2, 0.25) is 0 Å². The molecule has 3 heteroatoms. The summed E-state index contributed by atoms with van der Waals surface area (Å²) in [5.74, 6) is 1.06. The second kappa shape index (κ2) is 4.44. The minimum Gasteiger partial charge on any atom is -0.492 e. The van der Waals surface area contributed by atoms with Gasteiger partial charge in [0.25, 0.3) is 0 Å². The van der Waals surface area contributed by atoms with Crippen LogP contribution in [-0.2, 0) is 6.42 Å². The molecule has 2 heterocycles. The van der Waals surface area contributed by atoms with Crippen molar-refractivity contribution in [1.29, 1.82) is 0 Å². The minimum absolute atomic E-state index is 0.472. The van der Waals surface area contributed by atoms with Gasteiger partial charge in [-0.25, -0.2) is 0 Å². The normalized spacial score (nSPS) is 28.5. The smallest absolute Gasteiger partial charge is 0.122 e. The molecule has 0 amide bonds. The Morgan fingerprint density at radius 3 is 3.06 bits per heavy atom. The molecule has 3 rings (SSSR count). The number of fused-ring (bicyclic) bond motifs is 1. The molecule has 1 aromatic carbocycles. The van der Waals surface area contributed by atoms with E-state index in [2.05, 4.69) is 28.8 Å². The molecule has 86 valence electrons. The van der Waals surface area contributed by atoms with Crippen molar-refractivity contribution in [1.82, 2.24) is 10.6 Å². The SMILES string of the molecule is c1ccc2c(c1)CC(NC1CCNC1)CO2. The number of benzene rings is 1. The summed E-state index contributed by atoms with van der Waals surface area (Å²) in [7, 11) is 0. The van der Waals surface area contributed by atoms with E-state index in [-0.39, 0.29) is 0 Å². The second-order valence-corrected chi connectivity index (χ2v) is 4.68. The summed E-state index contributed by atoms with van der Waals surface area (Å²) in [5.41, 5.74) is 1.33. The van der Waals surface area contributed by atoms with E-state index in [1.165, 1.54) is 12.0 Å². The zero-order valence-electron chi connectivity index (χ0n) is 9.41. The van der Waals surface area contributed by atoms with Crippen molar-refractivity contribution in [2.45, 2.75) is 24.9 Å². The molecule has 0 aromatic heterocycles. The minimum atomic E-state index is 0.472. The number of rotatable bonds is 2. The zero-order valence-corrected chi connectivity index (χ0v) is 9.41. The highest BCUT2D eigenvalue weighted by Gasteiger charge is 2.23. The molecule has 0 radical (unpaired) electrons. The first-order valence-electron chi connectivity index (χ1n) is 6.09. The third kappa shape index (κ3) is 2.06. The topological polar surface area (TPSA) is 33.3 Å². The quantitative estimate of drug-likeness (QED) is 0.775. The van der Waals surface area contributed by atoms with Crippen LogP contribution in [0.4, 0.5) is 0 Å². The molecule has 2 atom stereocenters. The van der Waals surface area contributed by atoms with E-state index in [4.69, 9.17) is 4.74 Å². The van der Waals surface area contributed by atoms with Crippen molar-refractivity contribution in [3.63, 3.8) is 0 Å². The number of ether oxygens (including phenoxy) is 1. The lowest BCUT2D eigenvalue weighted by molar-refractivity contribution is 0.229. The number of hydrogen-bond acceptors (Lipinski definition) is 3. The Morgan fingerprint density at radius 2 is 2.19 bits per heavy atom. The lowest BCUT2D eigenvalue weighted by atomic mass is 10.0. The van der Waals surface area contributed by atoms with Crippen molar-refractivity contribution in [2.24, 2.45) is 0 Å². The van der Waals surface area contributed by atoms with Crippen LogP contribution in [-0.4, -0.2) is 31.8 Å². The number of nitrogens with one attached hydrogen (secondary N) is 2. The average Bonchev–Trinajstić information content (AvgIpc) is 2.82. The van der Waals surface area contributed by atoms with Gasteiger partial charge in [0, 0.05) is 18.6 Å². The molecular formula is C13H18N2O. The predicted molar refractivity (Wildman–Crippen MR) is 63.8 cm³/mol. The Hall–Kier alpha value is -1.06. The molecule has 16 heavy (non-hydrogen) atoms. The van der Waals surface area contributed by atoms with Crippen LogP contribution in [0.15, 0.2) is 24.3 Å². The fourth-order valence-electron chi connectivity index (χ4n) is 2.57. The Labute approximate surface area is 96.2 Å². The maximum atomic E-state index is 5.76. The van der Waals surface area contributed by atoms with E-state index in [9.17, 15) is 0 Å². The van der Waals surface area contributed by atoms with E-state index in [1.807, 2.05) is 6.07 Å². The van der Waals surface area contributed by atoms with Gasteiger partial charge < -0.3 is 15.4 Å². The maximum Gasteiger partial charge on any atom is 0.122 e. The van der Waals surface area contributed by atoms with Crippen LogP contribution in [0.5, 0.6) is 5.75 Å². The van der Waals surface area contributed by atoms with E-state index in [1.54, 1.807) is 0 Å². The standard InChI is InChI=1S/C13H18N2O/c1-2-4-13-10(3-1)7-12(9-16-13)15-11-5-6-14-8-11/h1-4,11-12,14-15H,5-9H2. The van der Waals surface area contributed by atoms with Gasteiger partial charge in [-0.2, -0.15) is 0 Å². The van der Waals surface area contributed by atoms with Crippen LogP contribution < -0.4 is 15.4 Å². The summed E-state index contributed by atoms with van der Waals surface area (Å²) in [6.07, 6.45) is 2.32. The molecule has 1 aromatic rings. The van der Waals surface area contributed by atoms with E-state index in [0.29, 0.717) is 12.1 Å². The Balaban J connectivity index is 1.63. The summed E-state index contributed by atoms with van der Waals surface area (Å²) < 4.78 is 5.76. The van der Waals surface area contributed by atoms with Gasteiger partial charge in [0.05, 0.1) is 0 Å². The van der Waals surface area contributed by atoms with E-state index >= 15 is 0 Å². The van der Waals surface area contributed by atoms with Crippen LogP contribution in [0, 0.1) is 0 Å². The van der Waals surface area contributed by atoms with Gasteiger partial charge >= 0.3 is 0 Å². The molecule has 1 saturated heterocycles. The molecule has 3 nitrogen and oxygen atoms in total. The van der Waals surface area contributed by atoms with Crippen LogP contribution in [0.1, 0.15) is 12.0 Å². The van der Waals surface area contributed by atoms with Crippen molar-refractivity contribution < 1.29 is 4.74 Å². The summed E-state index contributed by atoms with van der Waals surface area (Å²) in [6.45, 7) is 3.04. The molecule has 0 saturated carbocycles. The Morgan fingerprint density at radius 1 is 1.25 bits per heavy atom. The number of hydrogen-bond donors (Lipinski definition) is 2. The summed E-state index contributed by atoms with van der Waals surface area (Å²) >= 11 is 0. The van der Waals surface area contributed by atoms with Gasteiger partial charge in [-0.3, -0.25) is 0 Å². The monoisotopic (exact) mass is 218 g/mol. The first-order valence-corrected chi connectivity index (χ1v) is 6.09. The maximum absolute atomic E-state index is 5.76. The van der Waals surface area contributed by atoms with E-state index < -0.39 is 0 Å². The van der Waals surface area contributed by atoms with Gasteiger partial charge in [-0.1, -0.05) is 18.2 Å². The first-order chi connectivity index (χ1) is 7.92. The predicted octanol–water partition coefficient (Wildman–Crippen LogP) is 0.942. The van der Waals surface area contributed by atoms with Crippen LogP contribution in [0.3, 0.4) is 0 Å². The number of para-hydroxylation sites is 1. The third-order valence-corrected chi connectivity index (χ3v) is 3.41. The molecule has 0 aliphatic carbocycles. The molecule has 0 spiro atoms. The highest BCUT2D eigenvalue weighted by Crippen LogP contribution is 2.24. The molecule has 2 unspecified atom stereocenters. The van der Waals surface area contributed by atoms with Crippen molar-refractivity contribution >= 4 is 0 Å². The first kappa shape index (κ1) is 10.1. The van der Waals surface area contributed by atoms with Crippen LogP contribution in [0.25, 0.3) is 0 Å². The highest BCUT2D eigenvalue weighted by molar-refractivity contribution is 5.35. The van der Waals surface area contributed by atoms with Gasteiger partial charge in [-0.15, -0.1) is 0 Å². The van der Waals surface area contributed by atoms with Gasteiger partial charge in [0.15, 0.2) is 0 Å². The second-order valence-electron chi connectivity index (χ2n) is 4.68. The Bertz CT molecular complexity index is 361. The molecule has 2 aliphatic rings. The molecule has 1 fully saturated rings. The molecular weight excluding hydrogens is 200 g/mol. The fraction of sp³-hybridized carbons (Fsp3) is 0.538. The summed E-state index contributed by atoms with van der Waals surface area (Å²) in [5, 5.41) is 7.05. The third-order valence-electron chi connectivity index (χ3n) is 3.41. The molecule has 2 N–H and O–H groups in total. The largest absolute Gasteiger partial charge is 0.492 e. The fourth-order valence-corrected chi connectivity index (χ4v) is 2.57. The van der Waals surface area contributed by atoms with E-state index in [0.717, 1.165) is 31.9 Å². The zero-order chi connectivity index (χ0) is 10.8. The van der Waals surface area contributed by atoms with Crippen LogP contribution in [0.2, 0.25) is 0 Å².